The SMILES string of the molecule is CC1=CC(=O)N(C2CCCN(Cc3ccccc3)C2)C1=O. The molecule has 1 aromatic carbocycles. The maximum absolute atomic E-state index is 12.1. The summed E-state index contributed by atoms with van der Waals surface area (Å²) in [4.78, 5) is 27.8. The molecular formula is C17H20N2O2. The van der Waals surface area contributed by atoms with E-state index < -0.39 is 0 Å². The van der Waals surface area contributed by atoms with Crippen LogP contribution in [0.5, 0.6) is 0 Å². The first-order chi connectivity index (χ1) is 10.1. The van der Waals surface area contributed by atoms with E-state index in [0.717, 1.165) is 32.5 Å². The van der Waals surface area contributed by atoms with Crippen LogP contribution in [0.25, 0.3) is 0 Å². The summed E-state index contributed by atoms with van der Waals surface area (Å²) in [5.41, 5.74) is 1.83. The van der Waals surface area contributed by atoms with Gasteiger partial charge in [-0.3, -0.25) is 19.4 Å². The highest BCUT2D eigenvalue weighted by Crippen LogP contribution is 2.23. The van der Waals surface area contributed by atoms with Crippen LogP contribution in [0.1, 0.15) is 25.3 Å². The molecule has 0 N–H and O–H groups in total. The Hall–Kier alpha value is -1.94. The summed E-state index contributed by atoms with van der Waals surface area (Å²) in [6.07, 6.45) is 3.38. The number of hydrogen-bond acceptors (Lipinski definition) is 3. The van der Waals surface area contributed by atoms with E-state index in [-0.39, 0.29) is 17.9 Å². The second-order valence-electron chi connectivity index (χ2n) is 5.86. The molecule has 0 bridgehead atoms. The van der Waals surface area contributed by atoms with Gasteiger partial charge in [0.1, 0.15) is 0 Å². The van der Waals surface area contributed by atoms with Gasteiger partial charge in [-0.2, -0.15) is 0 Å². The number of nitrogens with zero attached hydrogens (tertiary/aromatic N) is 2. The van der Waals surface area contributed by atoms with Gasteiger partial charge < -0.3 is 0 Å². The van der Waals surface area contributed by atoms with Gasteiger partial charge in [-0.15, -0.1) is 0 Å². The maximum Gasteiger partial charge on any atom is 0.256 e. The molecule has 110 valence electrons. The molecule has 4 heteroatoms. The average molecular weight is 284 g/mol. The highest BCUT2D eigenvalue weighted by atomic mass is 16.2. The van der Waals surface area contributed by atoms with Crippen molar-refractivity contribution in [2.45, 2.75) is 32.4 Å². The van der Waals surface area contributed by atoms with Gasteiger partial charge >= 0.3 is 0 Å². The van der Waals surface area contributed by atoms with Crippen molar-refractivity contribution in [3.8, 4) is 0 Å². The lowest BCUT2D eigenvalue weighted by atomic mass is 10.0. The lowest BCUT2D eigenvalue weighted by molar-refractivity contribution is -0.141. The van der Waals surface area contributed by atoms with Crippen LogP contribution in [0.2, 0.25) is 0 Å². The number of amides is 2. The summed E-state index contributed by atoms with van der Waals surface area (Å²) >= 11 is 0. The molecule has 2 aliphatic rings. The number of carbonyl (C=O) groups excluding carboxylic acids is 2. The quantitative estimate of drug-likeness (QED) is 0.797. The molecule has 1 unspecified atom stereocenters. The number of hydrogen-bond donors (Lipinski definition) is 0. The van der Waals surface area contributed by atoms with Crippen molar-refractivity contribution in [2.75, 3.05) is 13.1 Å². The van der Waals surface area contributed by atoms with E-state index in [2.05, 4.69) is 17.0 Å². The third-order valence-electron chi connectivity index (χ3n) is 4.23. The number of rotatable bonds is 3. The van der Waals surface area contributed by atoms with Crippen LogP contribution in [-0.2, 0) is 16.1 Å². The minimum atomic E-state index is -0.149. The monoisotopic (exact) mass is 284 g/mol. The highest BCUT2D eigenvalue weighted by Gasteiger charge is 2.36. The van der Waals surface area contributed by atoms with Gasteiger partial charge in [-0.25, -0.2) is 0 Å². The van der Waals surface area contributed by atoms with Crippen LogP contribution in [0.15, 0.2) is 42.0 Å². The Morgan fingerprint density at radius 2 is 1.95 bits per heavy atom. The first-order valence-corrected chi connectivity index (χ1v) is 7.47. The fraction of sp³-hybridized carbons (Fsp3) is 0.412. The molecule has 4 nitrogen and oxygen atoms in total. The van der Waals surface area contributed by atoms with Crippen molar-refractivity contribution in [1.29, 1.82) is 0 Å². The minimum Gasteiger partial charge on any atom is -0.297 e. The highest BCUT2D eigenvalue weighted by molar-refractivity contribution is 6.16. The summed E-state index contributed by atoms with van der Waals surface area (Å²) in [6.45, 7) is 4.38. The Morgan fingerprint density at radius 3 is 2.62 bits per heavy atom. The molecule has 2 heterocycles. The normalized spacial score (nSPS) is 23.6. The van der Waals surface area contributed by atoms with Crippen LogP contribution < -0.4 is 0 Å². The average Bonchev–Trinajstić information content (AvgIpc) is 2.73. The van der Waals surface area contributed by atoms with E-state index in [4.69, 9.17) is 0 Å². The van der Waals surface area contributed by atoms with Crippen molar-refractivity contribution >= 4 is 11.8 Å². The van der Waals surface area contributed by atoms with Gasteiger partial charge in [0.05, 0.1) is 6.04 Å². The maximum atomic E-state index is 12.1. The van der Waals surface area contributed by atoms with Crippen LogP contribution >= 0.6 is 0 Å². The third-order valence-corrected chi connectivity index (χ3v) is 4.23. The predicted molar refractivity (Wildman–Crippen MR) is 80.4 cm³/mol. The van der Waals surface area contributed by atoms with Crippen LogP contribution in [0, 0.1) is 0 Å². The number of imide groups is 1. The summed E-state index contributed by atoms with van der Waals surface area (Å²) < 4.78 is 0. The van der Waals surface area contributed by atoms with Crippen molar-refractivity contribution in [1.82, 2.24) is 9.80 Å². The Balaban J connectivity index is 1.66. The lowest BCUT2D eigenvalue weighted by Crippen LogP contribution is -2.50. The molecule has 1 fully saturated rings. The van der Waals surface area contributed by atoms with Gasteiger partial charge in [0.15, 0.2) is 0 Å². The molecule has 1 aromatic rings. The molecule has 1 saturated heterocycles. The van der Waals surface area contributed by atoms with E-state index in [1.54, 1.807) is 6.92 Å². The third kappa shape index (κ3) is 2.90. The summed E-state index contributed by atoms with van der Waals surface area (Å²) in [5, 5.41) is 0. The number of benzene rings is 1. The largest absolute Gasteiger partial charge is 0.297 e. The van der Waals surface area contributed by atoms with Crippen molar-refractivity contribution in [3.63, 3.8) is 0 Å². The standard InChI is InChI=1S/C17H20N2O2/c1-13-10-16(20)19(17(13)21)15-8-5-9-18(12-15)11-14-6-3-2-4-7-14/h2-4,6-7,10,15H,5,8-9,11-12H2,1H3. The zero-order valence-corrected chi connectivity index (χ0v) is 12.3. The number of piperidine rings is 1. The second kappa shape index (κ2) is 5.82. The topological polar surface area (TPSA) is 40.6 Å². The van der Waals surface area contributed by atoms with Crippen molar-refractivity contribution in [3.05, 3.63) is 47.5 Å². The molecule has 0 spiro atoms. The smallest absolute Gasteiger partial charge is 0.256 e. The molecule has 21 heavy (non-hydrogen) atoms. The first kappa shape index (κ1) is 14.0. The molecular weight excluding hydrogens is 264 g/mol. The van der Waals surface area contributed by atoms with Gasteiger partial charge in [-0.1, -0.05) is 30.3 Å². The van der Waals surface area contributed by atoms with Crippen LogP contribution in [0.3, 0.4) is 0 Å². The molecule has 3 rings (SSSR count). The van der Waals surface area contributed by atoms with E-state index >= 15 is 0 Å². The number of likely N-dealkylation sites (tertiary alicyclic amines) is 1. The minimum absolute atomic E-state index is 0.0103. The van der Waals surface area contributed by atoms with Crippen molar-refractivity contribution < 1.29 is 9.59 Å². The van der Waals surface area contributed by atoms with Gasteiger partial charge in [-0.05, 0) is 31.9 Å². The van der Waals surface area contributed by atoms with Gasteiger partial charge in [0, 0.05) is 24.7 Å². The molecule has 0 aromatic heterocycles. The fourth-order valence-electron chi connectivity index (χ4n) is 3.18. The van der Waals surface area contributed by atoms with E-state index in [9.17, 15) is 9.59 Å². The van der Waals surface area contributed by atoms with E-state index in [1.807, 2.05) is 18.2 Å². The van der Waals surface area contributed by atoms with Gasteiger partial charge in [0.2, 0.25) is 0 Å². The molecule has 2 amide bonds. The van der Waals surface area contributed by atoms with Crippen molar-refractivity contribution in [2.24, 2.45) is 0 Å². The first-order valence-electron chi connectivity index (χ1n) is 7.47. The zero-order valence-electron chi connectivity index (χ0n) is 12.3. The van der Waals surface area contributed by atoms with Crippen LogP contribution in [-0.4, -0.2) is 40.7 Å². The second-order valence-corrected chi connectivity index (χ2v) is 5.86. The van der Waals surface area contributed by atoms with E-state index in [0.29, 0.717) is 5.57 Å². The fourth-order valence-corrected chi connectivity index (χ4v) is 3.18. The summed E-state index contributed by atoms with van der Waals surface area (Å²) in [5.74, 6) is -0.268. The Labute approximate surface area is 125 Å². The zero-order chi connectivity index (χ0) is 14.8. The predicted octanol–water partition coefficient (Wildman–Crippen LogP) is 1.97. The molecule has 2 aliphatic heterocycles. The van der Waals surface area contributed by atoms with Crippen LogP contribution in [0.4, 0.5) is 0 Å². The summed E-state index contributed by atoms with van der Waals surface area (Å²) in [6, 6.07) is 10.3. The van der Waals surface area contributed by atoms with E-state index in [1.165, 1.54) is 16.5 Å². The lowest BCUT2D eigenvalue weighted by Gasteiger charge is -2.36. The Bertz CT molecular complexity index is 580. The summed E-state index contributed by atoms with van der Waals surface area (Å²) in [7, 11) is 0. The van der Waals surface area contributed by atoms with Gasteiger partial charge in [0.25, 0.3) is 11.8 Å². The number of carbonyl (C=O) groups is 2. The molecule has 0 radical (unpaired) electrons. The molecule has 1 atom stereocenters. The molecule has 0 aliphatic carbocycles. The Morgan fingerprint density at radius 1 is 1.19 bits per heavy atom. The Kier molecular flexibility index (Phi) is 3.88. The molecule has 0 saturated carbocycles.